The average molecular weight is 474 g/mol. The molecule has 2 bridgehead atoms. The third-order valence-electron chi connectivity index (χ3n) is 6.19. The lowest BCUT2D eigenvalue weighted by Crippen LogP contribution is -2.47. The number of carboxylic acids is 1. The van der Waals surface area contributed by atoms with Crippen LogP contribution in [0, 0.1) is 5.92 Å². The Labute approximate surface area is 200 Å². The predicted octanol–water partition coefficient (Wildman–Crippen LogP) is 1.63. The number of hydrogen-bond donors (Lipinski definition) is 2. The summed E-state index contributed by atoms with van der Waals surface area (Å²) in [7, 11) is 1.98. The van der Waals surface area contributed by atoms with Gasteiger partial charge in [0.05, 0.1) is 37.1 Å². The van der Waals surface area contributed by atoms with Crippen LogP contribution in [-0.4, -0.2) is 85.8 Å². The zero-order chi connectivity index (χ0) is 24.7. The molecule has 1 amide bonds. The van der Waals surface area contributed by atoms with Crippen LogP contribution in [0.1, 0.15) is 48.3 Å². The normalized spacial score (nSPS) is 21.0. The zero-order valence-electron chi connectivity index (χ0n) is 20.1. The van der Waals surface area contributed by atoms with Crippen LogP contribution in [0.5, 0.6) is 0 Å². The monoisotopic (exact) mass is 473 g/mol. The van der Waals surface area contributed by atoms with Crippen LogP contribution in [0.3, 0.4) is 0 Å². The van der Waals surface area contributed by atoms with Crippen LogP contribution in [0.25, 0.3) is 0 Å². The second-order valence-electron chi connectivity index (χ2n) is 9.18. The van der Waals surface area contributed by atoms with E-state index >= 15 is 0 Å². The highest BCUT2D eigenvalue weighted by Crippen LogP contribution is 2.18. The van der Waals surface area contributed by atoms with Gasteiger partial charge in [0.1, 0.15) is 5.69 Å². The number of hydrogen-bond acceptors (Lipinski definition) is 7. The first kappa shape index (κ1) is 25.8. The summed E-state index contributed by atoms with van der Waals surface area (Å²) in [6.07, 6.45) is 2.68. The summed E-state index contributed by atoms with van der Waals surface area (Å²) in [5.41, 5.74) is 2.00. The molecular weight excluding hydrogens is 438 g/mol. The molecule has 186 valence electrons. The Morgan fingerprint density at radius 3 is 2.74 bits per heavy atom. The number of likely N-dealkylation sites (N-methyl/N-ethyl adjacent to an activating group) is 1. The van der Waals surface area contributed by atoms with Crippen molar-refractivity contribution in [3.05, 3.63) is 47.3 Å². The summed E-state index contributed by atoms with van der Waals surface area (Å²) in [5.74, 6) is -0.927. The molecule has 1 aliphatic rings. The number of aromatic carboxylic acids is 1. The van der Waals surface area contributed by atoms with Crippen LogP contribution in [0.2, 0.25) is 0 Å². The molecule has 0 spiro atoms. The van der Waals surface area contributed by atoms with Crippen molar-refractivity contribution in [2.24, 2.45) is 5.92 Å². The minimum absolute atomic E-state index is 0.00517. The molecule has 2 heterocycles. The maximum atomic E-state index is 12.9. The van der Waals surface area contributed by atoms with Crippen molar-refractivity contribution in [3.8, 4) is 0 Å². The highest BCUT2D eigenvalue weighted by Gasteiger charge is 2.28. The average Bonchev–Trinajstić information content (AvgIpc) is 3.27. The Kier molecular flexibility index (Phi) is 9.14. The van der Waals surface area contributed by atoms with Gasteiger partial charge in [0.25, 0.3) is 0 Å². The number of aromatic nitrogens is 3. The molecule has 1 aromatic carbocycles. The number of fused-ring (bicyclic) bond motifs is 2. The van der Waals surface area contributed by atoms with E-state index in [4.69, 9.17) is 9.84 Å². The van der Waals surface area contributed by atoms with Crippen molar-refractivity contribution in [2.45, 2.75) is 58.5 Å². The number of rotatable bonds is 7. The van der Waals surface area contributed by atoms with Gasteiger partial charge in [0.2, 0.25) is 5.91 Å². The van der Waals surface area contributed by atoms with Gasteiger partial charge >= 0.3 is 5.97 Å². The quantitative estimate of drug-likeness (QED) is 0.623. The molecule has 2 aromatic rings. The van der Waals surface area contributed by atoms with E-state index in [0.717, 1.165) is 11.3 Å². The summed E-state index contributed by atoms with van der Waals surface area (Å²) in [6, 6.07) is 6.56. The number of ether oxygens (including phenoxy) is 1. The Balaban J connectivity index is 1.74. The molecule has 3 rings (SSSR count). The second kappa shape index (κ2) is 12.0. The van der Waals surface area contributed by atoms with E-state index in [1.807, 2.05) is 32.3 Å². The number of benzene rings is 1. The molecule has 3 atom stereocenters. The number of carbonyl (C=O) groups is 2. The zero-order valence-corrected chi connectivity index (χ0v) is 20.1. The Bertz CT molecular complexity index is 947. The SMILES string of the molecule is C[C@@H]1CN([C@H](C)CO)C(=O)CCCn2cc(nn2)CO[C@H]1CN(C)Cc1ccc(C(=O)O)cc1. The fraction of sp³-hybridized carbons (Fsp3) is 0.583. The molecule has 1 aliphatic heterocycles. The molecule has 10 heteroatoms. The number of amides is 1. The van der Waals surface area contributed by atoms with Crippen molar-refractivity contribution in [1.82, 2.24) is 24.8 Å². The Hall–Kier alpha value is -2.82. The first-order valence-electron chi connectivity index (χ1n) is 11.7. The van der Waals surface area contributed by atoms with Gasteiger partial charge in [0, 0.05) is 38.5 Å². The van der Waals surface area contributed by atoms with Gasteiger partial charge in [-0.15, -0.1) is 5.10 Å². The summed E-state index contributed by atoms with van der Waals surface area (Å²) < 4.78 is 8.02. The third kappa shape index (κ3) is 7.09. The van der Waals surface area contributed by atoms with Gasteiger partial charge in [0.15, 0.2) is 0 Å². The van der Waals surface area contributed by atoms with Gasteiger partial charge in [-0.2, -0.15) is 0 Å². The van der Waals surface area contributed by atoms with E-state index in [1.54, 1.807) is 21.7 Å². The molecule has 2 N–H and O–H groups in total. The lowest BCUT2D eigenvalue weighted by Gasteiger charge is -2.35. The first-order chi connectivity index (χ1) is 16.3. The lowest BCUT2D eigenvalue weighted by atomic mass is 10.0. The predicted molar refractivity (Wildman–Crippen MR) is 125 cm³/mol. The fourth-order valence-corrected chi connectivity index (χ4v) is 4.13. The van der Waals surface area contributed by atoms with Crippen molar-refractivity contribution in [1.29, 1.82) is 0 Å². The number of carboxylic acid groups (broad SMARTS) is 1. The molecule has 1 aromatic heterocycles. The van der Waals surface area contributed by atoms with E-state index in [0.29, 0.717) is 45.6 Å². The van der Waals surface area contributed by atoms with Crippen LogP contribution in [0.15, 0.2) is 30.5 Å². The highest BCUT2D eigenvalue weighted by atomic mass is 16.5. The maximum absolute atomic E-state index is 12.9. The van der Waals surface area contributed by atoms with E-state index in [2.05, 4.69) is 22.1 Å². The number of aryl methyl sites for hydroxylation is 1. The van der Waals surface area contributed by atoms with E-state index in [1.165, 1.54) is 0 Å². The van der Waals surface area contributed by atoms with Gasteiger partial charge in [-0.05, 0) is 38.1 Å². The number of aliphatic hydroxyl groups excluding tert-OH is 1. The highest BCUT2D eigenvalue weighted by molar-refractivity contribution is 5.87. The molecule has 0 unspecified atom stereocenters. The lowest BCUT2D eigenvalue weighted by molar-refractivity contribution is -0.136. The van der Waals surface area contributed by atoms with Crippen LogP contribution in [0.4, 0.5) is 0 Å². The van der Waals surface area contributed by atoms with Gasteiger partial charge in [-0.25, -0.2) is 4.79 Å². The van der Waals surface area contributed by atoms with Gasteiger partial charge in [-0.3, -0.25) is 14.4 Å². The van der Waals surface area contributed by atoms with Crippen molar-refractivity contribution in [3.63, 3.8) is 0 Å². The summed E-state index contributed by atoms with van der Waals surface area (Å²) in [5, 5.41) is 27.1. The van der Waals surface area contributed by atoms with Gasteiger partial charge in [-0.1, -0.05) is 24.3 Å². The molecule has 10 nitrogen and oxygen atoms in total. The van der Waals surface area contributed by atoms with Gasteiger partial charge < -0.3 is 19.8 Å². The smallest absolute Gasteiger partial charge is 0.335 e. The number of aliphatic hydroxyl groups is 1. The Morgan fingerprint density at radius 2 is 2.06 bits per heavy atom. The molecule has 0 radical (unpaired) electrons. The van der Waals surface area contributed by atoms with Crippen molar-refractivity contribution < 1.29 is 24.5 Å². The van der Waals surface area contributed by atoms with Crippen LogP contribution in [-0.2, 0) is 29.2 Å². The number of nitrogens with zero attached hydrogens (tertiary/aromatic N) is 5. The standard InChI is InChI=1S/C24H35N5O5/c1-17-11-29(18(2)15-30)23(31)5-4-10-28-13-21(25-26-28)16-34-22(17)14-27(3)12-19-6-8-20(9-7-19)24(32)33/h6-9,13,17-18,22,30H,4-5,10-12,14-16H2,1-3H3,(H,32,33)/t17-,18-,22+/m1/s1. The Morgan fingerprint density at radius 1 is 1.32 bits per heavy atom. The second-order valence-corrected chi connectivity index (χ2v) is 9.18. The van der Waals surface area contributed by atoms with Crippen LogP contribution < -0.4 is 0 Å². The number of carbonyl (C=O) groups excluding carboxylic acids is 1. The van der Waals surface area contributed by atoms with Crippen molar-refractivity contribution in [2.75, 3.05) is 26.7 Å². The van der Waals surface area contributed by atoms with E-state index < -0.39 is 5.97 Å². The summed E-state index contributed by atoms with van der Waals surface area (Å²) >= 11 is 0. The molecular formula is C24H35N5O5. The van der Waals surface area contributed by atoms with Crippen LogP contribution >= 0.6 is 0 Å². The molecule has 0 aliphatic carbocycles. The maximum Gasteiger partial charge on any atom is 0.335 e. The molecule has 34 heavy (non-hydrogen) atoms. The molecule has 0 saturated heterocycles. The fourth-order valence-electron chi connectivity index (χ4n) is 4.13. The molecule has 0 fully saturated rings. The van der Waals surface area contributed by atoms with Crippen molar-refractivity contribution >= 4 is 11.9 Å². The molecule has 0 saturated carbocycles. The first-order valence-corrected chi connectivity index (χ1v) is 11.7. The summed E-state index contributed by atoms with van der Waals surface area (Å²) in [4.78, 5) is 27.9. The van der Waals surface area contributed by atoms with E-state index in [-0.39, 0.29) is 36.1 Å². The minimum atomic E-state index is -0.945. The summed E-state index contributed by atoms with van der Waals surface area (Å²) in [6.45, 7) is 6.45. The minimum Gasteiger partial charge on any atom is -0.478 e. The van der Waals surface area contributed by atoms with E-state index in [9.17, 15) is 14.7 Å². The third-order valence-corrected chi connectivity index (χ3v) is 6.19. The largest absolute Gasteiger partial charge is 0.478 e. The topological polar surface area (TPSA) is 121 Å².